The molecule has 26 heavy (non-hydrogen) atoms. The van der Waals surface area contributed by atoms with Crippen LogP contribution < -0.4 is 10.6 Å². The van der Waals surface area contributed by atoms with E-state index < -0.39 is 11.8 Å². The molecule has 0 radical (unpaired) electrons. The molecule has 0 spiro atoms. The molecule has 6 nitrogen and oxygen atoms in total. The van der Waals surface area contributed by atoms with Crippen LogP contribution in [0.3, 0.4) is 0 Å². The van der Waals surface area contributed by atoms with Crippen LogP contribution in [0.5, 0.6) is 0 Å². The van der Waals surface area contributed by atoms with E-state index in [2.05, 4.69) is 33.7 Å². The van der Waals surface area contributed by atoms with E-state index in [0.717, 1.165) is 38.1 Å². The van der Waals surface area contributed by atoms with E-state index in [1.807, 2.05) is 18.2 Å². The van der Waals surface area contributed by atoms with Gasteiger partial charge in [0.25, 0.3) is 0 Å². The lowest BCUT2D eigenvalue weighted by Crippen LogP contribution is -2.45. The third kappa shape index (κ3) is 3.80. The highest BCUT2D eigenvalue weighted by Gasteiger charge is 2.29. The summed E-state index contributed by atoms with van der Waals surface area (Å²) in [7, 11) is 0. The van der Waals surface area contributed by atoms with E-state index in [0.29, 0.717) is 6.54 Å². The molecule has 1 saturated carbocycles. The van der Waals surface area contributed by atoms with Crippen molar-refractivity contribution in [1.82, 2.24) is 15.5 Å². The summed E-state index contributed by atoms with van der Waals surface area (Å²) in [6.07, 6.45) is 4.52. The number of rotatable bonds is 5. The van der Waals surface area contributed by atoms with Gasteiger partial charge in [0, 0.05) is 25.7 Å². The van der Waals surface area contributed by atoms with E-state index >= 15 is 0 Å². The minimum atomic E-state index is -0.578. The summed E-state index contributed by atoms with van der Waals surface area (Å²) in [5.41, 5.74) is 2.67. The van der Waals surface area contributed by atoms with E-state index in [9.17, 15) is 9.59 Å². The maximum absolute atomic E-state index is 12.1. The first-order chi connectivity index (χ1) is 12.7. The van der Waals surface area contributed by atoms with Gasteiger partial charge in [-0.3, -0.25) is 14.5 Å². The van der Waals surface area contributed by atoms with Crippen molar-refractivity contribution in [2.75, 3.05) is 13.1 Å². The first-order valence-corrected chi connectivity index (χ1v) is 9.13. The van der Waals surface area contributed by atoms with Crippen molar-refractivity contribution < 1.29 is 14.0 Å². The van der Waals surface area contributed by atoms with Gasteiger partial charge in [-0.2, -0.15) is 0 Å². The molecule has 2 amide bonds. The first kappa shape index (κ1) is 16.8. The molecule has 1 aliphatic heterocycles. The van der Waals surface area contributed by atoms with Crippen LogP contribution in [-0.2, 0) is 22.6 Å². The minimum Gasteiger partial charge on any atom is -0.468 e. The predicted octanol–water partition coefficient (Wildman–Crippen LogP) is 1.77. The second-order valence-corrected chi connectivity index (χ2v) is 6.98. The molecule has 0 unspecified atom stereocenters. The lowest BCUT2D eigenvalue weighted by atomic mass is 9.98. The molecule has 2 aliphatic rings. The van der Waals surface area contributed by atoms with Crippen LogP contribution in [0.2, 0.25) is 0 Å². The van der Waals surface area contributed by atoms with Crippen LogP contribution in [0.4, 0.5) is 0 Å². The molecule has 1 atom stereocenters. The molecule has 0 saturated heterocycles. The van der Waals surface area contributed by atoms with Crippen LogP contribution in [-0.4, -0.2) is 35.8 Å². The highest BCUT2D eigenvalue weighted by atomic mass is 16.3. The summed E-state index contributed by atoms with van der Waals surface area (Å²) in [4.78, 5) is 26.3. The molecule has 6 heteroatoms. The molecule has 2 aromatic rings. The molecule has 1 fully saturated rings. The quantitative estimate of drug-likeness (QED) is 0.804. The van der Waals surface area contributed by atoms with Gasteiger partial charge in [-0.15, -0.1) is 0 Å². The summed E-state index contributed by atoms with van der Waals surface area (Å²) < 4.78 is 5.61. The molecule has 1 aliphatic carbocycles. The standard InChI is InChI=1S/C20H23N3O3/c24-19(20(25)22-16-7-8-16)21-12-17(18-6-3-11-26-18)23-10-9-14-4-1-2-5-15(14)13-23/h1-6,11,16-17H,7-10,12-13H2,(H,21,24)(H,22,25)/t17-/m0/s1. The van der Waals surface area contributed by atoms with Gasteiger partial charge in [-0.1, -0.05) is 24.3 Å². The summed E-state index contributed by atoms with van der Waals surface area (Å²) in [6.45, 7) is 2.02. The Morgan fingerprint density at radius 3 is 2.65 bits per heavy atom. The Morgan fingerprint density at radius 1 is 1.12 bits per heavy atom. The second kappa shape index (κ2) is 7.33. The average molecular weight is 353 g/mol. The summed E-state index contributed by atoms with van der Waals surface area (Å²) in [5, 5.41) is 5.49. The van der Waals surface area contributed by atoms with Gasteiger partial charge in [0.1, 0.15) is 5.76 Å². The van der Waals surface area contributed by atoms with Crippen molar-refractivity contribution in [1.29, 1.82) is 0 Å². The number of amides is 2. The molecule has 1 aromatic carbocycles. The fourth-order valence-electron chi connectivity index (χ4n) is 3.42. The molecular formula is C20H23N3O3. The summed E-state index contributed by atoms with van der Waals surface area (Å²) >= 11 is 0. The maximum atomic E-state index is 12.1. The Hall–Kier alpha value is -2.60. The number of carbonyl (C=O) groups is 2. The van der Waals surface area contributed by atoms with Gasteiger partial charge in [0.15, 0.2) is 0 Å². The number of furan rings is 1. The van der Waals surface area contributed by atoms with Crippen molar-refractivity contribution in [2.45, 2.75) is 37.9 Å². The zero-order valence-electron chi connectivity index (χ0n) is 14.6. The number of hydrogen-bond acceptors (Lipinski definition) is 4. The third-order valence-electron chi connectivity index (χ3n) is 5.05. The SMILES string of the molecule is O=C(NC[C@@H](c1ccco1)N1CCc2ccccc2C1)C(=O)NC1CC1. The first-order valence-electron chi connectivity index (χ1n) is 9.13. The van der Waals surface area contributed by atoms with E-state index in [-0.39, 0.29) is 12.1 Å². The zero-order valence-corrected chi connectivity index (χ0v) is 14.6. The van der Waals surface area contributed by atoms with Gasteiger partial charge >= 0.3 is 11.8 Å². The molecule has 1 aromatic heterocycles. The smallest absolute Gasteiger partial charge is 0.309 e. The Balaban J connectivity index is 1.43. The van der Waals surface area contributed by atoms with Crippen molar-refractivity contribution in [3.8, 4) is 0 Å². The monoisotopic (exact) mass is 353 g/mol. The predicted molar refractivity (Wildman–Crippen MR) is 96.2 cm³/mol. The largest absolute Gasteiger partial charge is 0.468 e. The number of hydrogen-bond donors (Lipinski definition) is 2. The van der Waals surface area contributed by atoms with Crippen LogP contribution in [0, 0.1) is 0 Å². The number of benzene rings is 1. The fraction of sp³-hybridized carbons (Fsp3) is 0.400. The van der Waals surface area contributed by atoms with Crippen LogP contribution in [0.1, 0.15) is 35.8 Å². The number of nitrogens with zero attached hydrogens (tertiary/aromatic N) is 1. The van der Waals surface area contributed by atoms with E-state index in [1.165, 1.54) is 11.1 Å². The zero-order chi connectivity index (χ0) is 17.9. The Bertz CT molecular complexity index is 783. The summed E-state index contributed by atoms with van der Waals surface area (Å²) in [5.74, 6) is -0.326. The molecular weight excluding hydrogens is 330 g/mol. The Morgan fingerprint density at radius 2 is 1.92 bits per heavy atom. The van der Waals surface area contributed by atoms with Gasteiger partial charge in [-0.05, 0) is 42.5 Å². The lowest BCUT2D eigenvalue weighted by Gasteiger charge is -2.34. The average Bonchev–Trinajstić information content (AvgIpc) is 3.31. The van der Waals surface area contributed by atoms with Crippen LogP contribution >= 0.6 is 0 Å². The van der Waals surface area contributed by atoms with Gasteiger partial charge in [0.05, 0.1) is 12.3 Å². The molecule has 4 rings (SSSR count). The van der Waals surface area contributed by atoms with Crippen LogP contribution in [0.15, 0.2) is 47.1 Å². The number of carbonyl (C=O) groups excluding carboxylic acids is 2. The van der Waals surface area contributed by atoms with E-state index in [4.69, 9.17) is 4.42 Å². The van der Waals surface area contributed by atoms with Crippen molar-refractivity contribution in [2.24, 2.45) is 0 Å². The highest BCUT2D eigenvalue weighted by Crippen LogP contribution is 2.27. The van der Waals surface area contributed by atoms with Gasteiger partial charge in [-0.25, -0.2) is 0 Å². The molecule has 136 valence electrons. The minimum absolute atomic E-state index is 0.101. The third-order valence-corrected chi connectivity index (χ3v) is 5.05. The fourth-order valence-corrected chi connectivity index (χ4v) is 3.42. The van der Waals surface area contributed by atoms with Gasteiger partial charge in [0.2, 0.25) is 0 Å². The highest BCUT2D eigenvalue weighted by molar-refractivity contribution is 6.35. The lowest BCUT2D eigenvalue weighted by molar-refractivity contribution is -0.139. The number of fused-ring (bicyclic) bond motifs is 1. The normalized spacial score (nSPS) is 18.0. The molecule has 2 N–H and O–H groups in total. The molecule has 2 heterocycles. The Labute approximate surface area is 152 Å². The molecule has 0 bridgehead atoms. The van der Waals surface area contributed by atoms with Crippen molar-refractivity contribution >= 4 is 11.8 Å². The maximum Gasteiger partial charge on any atom is 0.309 e. The van der Waals surface area contributed by atoms with Gasteiger partial charge < -0.3 is 15.1 Å². The summed E-state index contributed by atoms with van der Waals surface area (Å²) in [6, 6.07) is 12.3. The van der Waals surface area contributed by atoms with E-state index in [1.54, 1.807) is 6.26 Å². The Kier molecular flexibility index (Phi) is 4.75. The second-order valence-electron chi connectivity index (χ2n) is 6.98. The number of nitrogens with one attached hydrogen (secondary N) is 2. The topological polar surface area (TPSA) is 74.6 Å². The van der Waals surface area contributed by atoms with Crippen molar-refractivity contribution in [3.05, 3.63) is 59.5 Å². The van der Waals surface area contributed by atoms with Crippen LogP contribution in [0.25, 0.3) is 0 Å². The van der Waals surface area contributed by atoms with Crippen molar-refractivity contribution in [3.63, 3.8) is 0 Å².